The van der Waals surface area contributed by atoms with Gasteiger partial charge in [0.2, 0.25) is 11.7 Å². The minimum atomic E-state index is 0.0778. The summed E-state index contributed by atoms with van der Waals surface area (Å²) in [7, 11) is 0. The molecule has 27 heavy (non-hydrogen) atoms. The lowest BCUT2D eigenvalue weighted by Gasteiger charge is -2.34. The highest BCUT2D eigenvalue weighted by molar-refractivity contribution is 6.33. The fraction of sp³-hybridized carbons (Fsp3) is 0.250. The smallest absolute Gasteiger partial charge is 0.253 e. The quantitative estimate of drug-likeness (QED) is 0.692. The number of hydrogen-bond donors (Lipinski definition) is 0. The summed E-state index contributed by atoms with van der Waals surface area (Å²) in [4.78, 5) is 21.1. The molecule has 0 bridgehead atoms. The van der Waals surface area contributed by atoms with Gasteiger partial charge in [-0.1, -0.05) is 47.1 Å². The Labute approximate surface area is 162 Å². The molecule has 0 N–H and O–H groups in total. The van der Waals surface area contributed by atoms with Crippen molar-refractivity contribution in [3.05, 3.63) is 71.1 Å². The standard InChI is InChI=1S/C20H19ClN4O2/c21-17-9-5-4-8-16(17)19-22-18(27-23-19)14-24-10-12-25(13-11-24)20(26)15-6-2-1-3-7-15/h1-9H,10-14H2. The van der Waals surface area contributed by atoms with Crippen molar-refractivity contribution in [2.45, 2.75) is 6.54 Å². The van der Waals surface area contributed by atoms with E-state index < -0.39 is 0 Å². The summed E-state index contributed by atoms with van der Waals surface area (Å²) in [6, 6.07) is 16.8. The van der Waals surface area contributed by atoms with Crippen LogP contribution in [0.1, 0.15) is 16.2 Å². The number of benzene rings is 2. The molecule has 1 aromatic heterocycles. The van der Waals surface area contributed by atoms with Gasteiger partial charge in [0.1, 0.15) is 0 Å². The number of rotatable bonds is 4. The summed E-state index contributed by atoms with van der Waals surface area (Å²) in [6.45, 7) is 3.45. The van der Waals surface area contributed by atoms with Gasteiger partial charge in [-0.3, -0.25) is 9.69 Å². The van der Waals surface area contributed by atoms with E-state index in [1.54, 1.807) is 6.07 Å². The van der Waals surface area contributed by atoms with E-state index in [1.807, 2.05) is 53.4 Å². The van der Waals surface area contributed by atoms with Gasteiger partial charge < -0.3 is 9.42 Å². The third-order valence-electron chi connectivity index (χ3n) is 4.62. The van der Waals surface area contributed by atoms with Crippen molar-refractivity contribution in [2.75, 3.05) is 26.2 Å². The molecule has 7 heteroatoms. The van der Waals surface area contributed by atoms with Gasteiger partial charge in [-0.25, -0.2) is 0 Å². The molecule has 1 aliphatic heterocycles. The highest BCUT2D eigenvalue weighted by Gasteiger charge is 2.23. The van der Waals surface area contributed by atoms with Crippen molar-refractivity contribution in [2.24, 2.45) is 0 Å². The van der Waals surface area contributed by atoms with Crippen LogP contribution < -0.4 is 0 Å². The Morgan fingerprint density at radius 3 is 2.44 bits per heavy atom. The van der Waals surface area contributed by atoms with Crippen molar-refractivity contribution in [1.29, 1.82) is 0 Å². The monoisotopic (exact) mass is 382 g/mol. The highest BCUT2D eigenvalue weighted by atomic mass is 35.5. The molecule has 0 spiro atoms. The van der Waals surface area contributed by atoms with Gasteiger partial charge in [-0.2, -0.15) is 4.98 Å². The van der Waals surface area contributed by atoms with Crippen LogP contribution in [-0.4, -0.2) is 52.0 Å². The molecule has 1 fully saturated rings. The van der Waals surface area contributed by atoms with Gasteiger partial charge in [0.25, 0.3) is 5.91 Å². The second kappa shape index (κ2) is 7.90. The van der Waals surface area contributed by atoms with E-state index in [9.17, 15) is 4.79 Å². The predicted molar refractivity (Wildman–Crippen MR) is 102 cm³/mol. The van der Waals surface area contributed by atoms with Crippen molar-refractivity contribution in [1.82, 2.24) is 19.9 Å². The third kappa shape index (κ3) is 4.02. The van der Waals surface area contributed by atoms with Crippen LogP contribution in [-0.2, 0) is 6.54 Å². The van der Waals surface area contributed by atoms with Crippen LogP contribution in [0.5, 0.6) is 0 Å². The van der Waals surface area contributed by atoms with Crippen LogP contribution >= 0.6 is 11.6 Å². The first kappa shape index (κ1) is 17.7. The number of halogens is 1. The van der Waals surface area contributed by atoms with Crippen LogP contribution in [0.4, 0.5) is 0 Å². The lowest BCUT2D eigenvalue weighted by atomic mass is 10.2. The zero-order valence-corrected chi connectivity index (χ0v) is 15.5. The van der Waals surface area contributed by atoms with Gasteiger partial charge in [0.05, 0.1) is 11.6 Å². The topological polar surface area (TPSA) is 62.5 Å². The first-order valence-corrected chi connectivity index (χ1v) is 9.22. The van der Waals surface area contributed by atoms with E-state index in [0.717, 1.165) is 24.2 Å². The van der Waals surface area contributed by atoms with Gasteiger partial charge in [-0.05, 0) is 24.3 Å². The van der Waals surface area contributed by atoms with Crippen molar-refractivity contribution >= 4 is 17.5 Å². The normalized spacial score (nSPS) is 15.1. The second-order valence-corrected chi connectivity index (χ2v) is 6.83. The molecule has 0 saturated carbocycles. The average molecular weight is 383 g/mol. The molecule has 2 heterocycles. The zero-order valence-electron chi connectivity index (χ0n) is 14.7. The van der Waals surface area contributed by atoms with Crippen LogP contribution in [0.25, 0.3) is 11.4 Å². The minimum Gasteiger partial charge on any atom is -0.338 e. The van der Waals surface area contributed by atoms with E-state index in [4.69, 9.17) is 16.1 Å². The Morgan fingerprint density at radius 2 is 1.70 bits per heavy atom. The van der Waals surface area contributed by atoms with Crippen LogP contribution in [0.3, 0.4) is 0 Å². The third-order valence-corrected chi connectivity index (χ3v) is 4.95. The maximum atomic E-state index is 12.5. The number of aromatic nitrogens is 2. The molecular weight excluding hydrogens is 364 g/mol. The van der Waals surface area contributed by atoms with E-state index in [2.05, 4.69) is 15.0 Å². The largest absolute Gasteiger partial charge is 0.338 e. The maximum absolute atomic E-state index is 12.5. The number of nitrogens with zero attached hydrogens (tertiary/aromatic N) is 4. The molecule has 138 valence electrons. The minimum absolute atomic E-state index is 0.0778. The van der Waals surface area contributed by atoms with Gasteiger partial charge in [0.15, 0.2) is 0 Å². The Kier molecular flexibility index (Phi) is 5.18. The number of hydrogen-bond acceptors (Lipinski definition) is 5. The van der Waals surface area contributed by atoms with Gasteiger partial charge in [-0.15, -0.1) is 0 Å². The molecule has 1 saturated heterocycles. The first-order chi connectivity index (χ1) is 13.2. The summed E-state index contributed by atoms with van der Waals surface area (Å²) in [5, 5.41) is 4.63. The molecule has 0 unspecified atom stereocenters. The Balaban J connectivity index is 1.35. The first-order valence-electron chi connectivity index (χ1n) is 8.85. The number of carbonyl (C=O) groups excluding carboxylic acids is 1. The molecule has 4 rings (SSSR count). The molecule has 0 atom stereocenters. The second-order valence-electron chi connectivity index (χ2n) is 6.43. The van der Waals surface area contributed by atoms with Gasteiger partial charge >= 0.3 is 0 Å². The number of carbonyl (C=O) groups is 1. The fourth-order valence-corrected chi connectivity index (χ4v) is 3.35. The molecule has 6 nitrogen and oxygen atoms in total. The lowest BCUT2D eigenvalue weighted by Crippen LogP contribution is -2.48. The van der Waals surface area contributed by atoms with Crippen LogP contribution in [0.2, 0.25) is 5.02 Å². The Hall–Kier alpha value is -2.70. The summed E-state index contributed by atoms with van der Waals surface area (Å²) >= 11 is 6.19. The summed E-state index contributed by atoms with van der Waals surface area (Å²) in [6.07, 6.45) is 0. The van der Waals surface area contributed by atoms with Crippen molar-refractivity contribution in [3.63, 3.8) is 0 Å². The lowest BCUT2D eigenvalue weighted by molar-refractivity contribution is 0.0615. The van der Waals surface area contributed by atoms with Crippen LogP contribution in [0.15, 0.2) is 59.1 Å². The fourth-order valence-electron chi connectivity index (χ4n) is 3.13. The maximum Gasteiger partial charge on any atom is 0.253 e. The average Bonchev–Trinajstić information content (AvgIpc) is 3.17. The highest BCUT2D eigenvalue weighted by Crippen LogP contribution is 2.25. The molecule has 1 aliphatic rings. The SMILES string of the molecule is O=C(c1ccccc1)N1CCN(Cc2nc(-c3ccccc3Cl)no2)CC1. The molecule has 0 aliphatic carbocycles. The number of amides is 1. The summed E-state index contributed by atoms with van der Waals surface area (Å²) < 4.78 is 5.38. The molecular formula is C20H19ClN4O2. The Morgan fingerprint density at radius 1 is 1.00 bits per heavy atom. The van der Waals surface area contributed by atoms with E-state index in [-0.39, 0.29) is 5.91 Å². The van der Waals surface area contributed by atoms with Crippen molar-refractivity contribution < 1.29 is 9.32 Å². The van der Waals surface area contributed by atoms with Gasteiger partial charge in [0, 0.05) is 37.3 Å². The Bertz CT molecular complexity index is 920. The van der Waals surface area contributed by atoms with Crippen molar-refractivity contribution in [3.8, 4) is 11.4 Å². The van der Waals surface area contributed by atoms with E-state index >= 15 is 0 Å². The van der Waals surface area contributed by atoms with Crippen LogP contribution in [0, 0.1) is 0 Å². The van der Waals surface area contributed by atoms with E-state index in [0.29, 0.717) is 36.4 Å². The molecule has 0 radical (unpaired) electrons. The number of piperazine rings is 1. The predicted octanol–water partition coefficient (Wildman–Crippen LogP) is 3.35. The molecule has 2 aromatic carbocycles. The summed E-state index contributed by atoms with van der Waals surface area (Å²) in [5.74, 6) is 1.12. The summed E-state index contributed by atoms with van der Waals surface area (Å²) in [5.41, 5.74) is 1.49. The van der Waals surface area contributed by atoms with E-state index in [1.165, 1.54) is 0 Å². The molecule has 1 amide bonds. The zero-order chi connectivity index (χ0) is 18.6. The molecule has 3 aromatic rings.